The van der Waals surface area contributed by atoms with E-state index in [-0.39, 0.29) is 12.2 Å². The Labute approximate surface area is 118 Å². The van der Waals surface area contributed by atoms with Crippen molar-refractivity contribution in [2.75, 3.05) is 45.9 Å². The number of likely N-dealkylation sites (N-methyl/N-ethyl adjacent to an activating group) is 1. The van der Waals surface area contributed by atoms with Crippen molar-refractivity contribution in [2.45, 2.75) is 25.6 Å². The molecular weight excluding hydrogens is 260 g/mol. The molecule has 1 aromatic rings. The third kappa shape index (κ3) is 3.35. The number of aromatic nitrogens is 2. The van der Waals surface area contributed by atoms with Crippen LogP contribution in [0, 0.1) is 0 Å². The normalized spacial score (nSPS) is 28.6. The van der Waals surface area contributed by atoms with E-state index >= 15 is 0 Å². The second-order valence-corrected chi connectivity index (χ2v) is 5.20. The van der Waals surface area contributed by atoms with Gasteiger partial charge in [0.2, 0.25) is 11.7 Å². The third-order valence-electron chi connectivity index (χ3n) is 3.78. The van der Waals surface area contributed by atoms with Gasteiger partial charge in [0.1, 0.15) is 6.10 Å². The van der Waals surface area contributed by atoms with Crippen molar-refractivity contribution in [2.24, 2.45) is 0 Å². The summed E-state index contributed by atoms with van der Waals surface area (Å²) >= 11 is 0. The fraction of sp³-hybridized carbons (Fsp3) is 0.846. The van der Waals surface area contributed by atoms with Gasteiger partial charge in [-0.2, -0.15) is 4.98 Å². The summed E-state index contributed by atoms with van der Waals surface area (Å²) in [6.07, 6.45) is 0.701. The minimum atomic E-state index is -0.0772. The van der Waals surface area contributed by atoms with Gasteiger partial charge in [0.25, 0.3) is 0 Å². The fourth-order valence-electron chi connectivity index (χ4n) is 2.57. The largest absolute Gasteiger partial charge is 0.375 e. The van der Waals surface area contributed by atoms with Crippen molar-refractivity contribution in [1.29, 1.82) is 0 Å². The third-order valence-corrected chi connectivity index (χ3v) is 3.78. The van der Waals surface area contributed by atoms with Crippen molar-refractivity contribution in [3.63, 3.8) is 0 Å². The first-order valence-corrected chi connectivity index (χ1v) is 7.34. The summed E-state index contributed by atoms with van der Waals surface area (Å²) in [7, 11) is 0. The molecule has 0 amide bonds. The van der Waals surface area contributed by atoms with E-state index in [0.29, 0.717) is 18.1 Å². The zero-order chi connectivity index (χ0) is 13.8. The van der Waals surface area contributed by atoms with Crippen molar-refractivity contribution in [3.8, 4) is 0 Å². The number of hydrogen-bond donors (Lipinski definition) is 1. The van der Waals surface area contributed by atoms with Gasteiger partial charge in [-0.25, -0.2) is 0 Å². The molecule has 7 nitrogen and oxygen atoms in total. The van der Waals surface area contributed by atoms with Gasteiger partial charge in [0.15, 0.2) is 0 Å². The first-order chi connectivity index (χ1) is 9.85. The van der Waals surface area contributed by atoms with E-state index in [1.165, 1.54) is 0 Å². The second kappa shape index (κ2) is 6.62. The molecule has 20 heavy (non-hydrogen) atoms. The summed E-state index contributed by atoms with van der Waals surface area (Å²) in [4.78, 5) is 6.79. The van der Waals surface area contributed by atoms with Crippen molar-refractivity contribution < 1.29 is 14.0 Å². The highest BCUT2D eigenvalue weighted by Crippen LogP contribution is 2.20. The maximum Gasteiger partial charge on any atom is 0.229 e. The molecule has 3 rings (SSSR count). The van der Waals surface area contributed by atoms with Gasteiger partial charge < -0.3 is 19.3 Å². The van der Waals surface area contributed by atoms with Crippen LogP contribution in [0.5, 0.6) is 0 Å². The number of nitrogens with one attached hydrogen (secondary N) is 1. The Morgan fingerprint density at radius 3 is 3.10 bits per heavy atom. The van der Waals surface area contributed by atoms with Crippen LogP contribution in [-0.4, -0.2) is 67.1 Å². The van der Waals surface area contributed by atoms with E-state index in [0.717, 1.165) is 45.9 Å². The number of hydrogen-bond acceptors (Lipinski definition) is 7. The van der Waals surface area contributed by atoms with Gasteiger partial charge >= 0.3 is 0 Å². The highest BCUT2D eigenvalue weighted by atomic mass is 16.5. The van der Waals surface area contributed by atoms with E-state index in [2.05, 4.69) is 27.3 Å². The minimum absolute atomic E-state index is 0.0772. The van der Waals surface area contributed by atoms with Gasteiger partial charge in [0, 0.05) is 26.2 Å². The van der Waals surface area contributed by atoms with Gasteiger partial charge in [-0.1, -0.05) is 12.1 Å². The molecule has 2 saturated heterocycles. The number of ether oxygens (including phenoxy) is 2. The van der Waals surface area contributed by atoms with Gasteiger partial charge in [0.05, 0.1) is 25.7 Å². The molecule has 1 N–H and O–H groups in total. The molecule has 0 saturated carbocycles. The SMILES string of the molecule is CCN1CCOC(c2noc(CC3CNCCO3)n2)C1. The number of rotatable bonds is 4. The topological polar surface area (TPSA) is 72.7 Å². The van der Waals surface area contributed by atoms with E-state index in [4.69, 9.17) is 14.0 Å². The molecule has 0 aromatic carbocycles. The average Bonchev–Trinajstić information content (AvgIpc) is 2.97. The summed E-state index contributed by atoms with van der Waals surface area (Å²) in [5.74, 6) is 1.29. The molecule has 2 atom stereocenters. The lowest BCUT2D eigenvalue weighted by molar-refractivity contribution is -0.0334. The van der Waals surface area contributed by atoms with Gasteiger partial charge in [-0.3, -0.25) is 4.90 Å². The first kappa shape index (κ1) is 13.9. The summed E-state index contributed by atoms with van der Waals surface area (Å²) < 4.78 is 16.7. The maximum atomic E-state index is 5.73. The Bertz CT molecular complexity index is 420. The molecule has 2 aliphatic rings. The molecule has 2 fully saturated rings. The molecule has 3 heterocycles. The predicted molar refractivity (Wildman–Crippen MR) is 71.4 cm³/mol. The quantitative estimate of drug-likeness (QED) is 0.833. The molecule has 2 aliphatic heterocycles. The van der Waals surface area contributed by atoms with Crippen LogP contribution >= 0.6 is 0 Å². The average molecular weight is 282 g/mol. The highest BCUT2D eigenvalue weighted by Gasteiger charge is 2.26. The Balaban J connectivity index is 1.58. The Morgan fingerprint density at radius 1 is 1.35 bits per heavy atom. The van der Waals surface area contributed by atoms with Crippen molar-refractivity contribution >= 4 is 0 Å². The Morgan fingerprint density at radius 2 is 2.30 bits per heavy atom. The molecule has 0 radical (unpaired) electrons. The predicted octanol–water partition coefficient (Wildman–Crippen LogP) is -0.00630. The molecular formula is C13H22N4O3. The Hall–Kier alpha value is -1.02. The van der Waals surface area contributed by atoms with Crippen LogP contribution < -0.4 is 5.32 Å². The van der Waals surface area contributed by atoms with Crippen LogP contribution in [0.1, 0.15) is 24.7 Å². The summed E-state index contributed by atoms with van der Waals surface area (Å²) in [6, 6.07) is 0. The summed E-state index contributed by atoms with van der Waals surface area (Å²) in [5.41, 5.74) is 0. The zero-order valence-electron chi connectivity index (χ0n) is 11.9. The van der Waals surface area contributed by atoms with Gasteiger partial charge in [-0.15, -0.1) is 0 Å². The van der Waals surface area contributed by atoms with Crippen LogP contribution in [-0.2, 0) is 15.9 Å². The molecule has 7 heteroatoms. The summed E-state index contributed by atoms with van der Waals surface area (Å²) in [6.45, 7) is 8.18. The summed E-state index contributed by atoms with van der Waals surface area (Å²) in [5, 5.41) is 7.35. The maximum absolute atomic E-state index is 5.73. The fourth-order valence-corrected chi connectivity index (χ4v) is 2.57. The van der Waals surface area contributed by atoms with Crippen LogP contribution in [0.3, 0.4) is 0 Å². The van der Waals surface area contributed by atoms with Crippen molar-refractivity contribution in [3.05, 3.63) is 11.7 Å². The highest BCUT2D eigenvalue weighted by molar-refractivity contribution is 4.95. The van der Waals surface area contributed by atoms with Crippen molar-refractivity contribution in [1.82, 2.24) is 20.4 Å². The molecule has 112 valence electrons. The number of morpholine rings is 2. The van der Waals surface area contributed by atoms with E-state index in [1.54, 1.807) is 0 Å². The van der Waals surface area contributed by atoms with Gasteiger partial charge in [-0.05, 0) is 6.54 Å². The first-order valence-electron chi connectivity index (χ1n) is 7.34. The number of nitrogens with zero attached hydrogens (tertiary/aromatic N) is 3. The van der Waals surface area contributed by atoms with Crippen LogP contribution in [0.4, 0.5) is 0 Å². The zero-order valence-corrected chi connectivity index (χ0v) is 11.9. The van der Waals surface area contributed by atoms with E-state index in [1.807, 2.05) is 0 Å². The lowest BCUT2D eigenvalue weighted by atomic mass is 10.2. The van der Waals surface area contributed by atoms with E-state index in [9.17, 15) is 0 Å². The van der Waals surface area contributed by atoms with Crippen LogP contribution in [0.15, 0.2) is 4.52 Å². The molecule has 0 spiro atoms. The van der Waals surface area contributed by atoms with Crippen LogP contribution in [0.25, 0.3) is 0 Å². The Kier molecular flexibility index (Phi) is 4.62. The van der Waals surface area contributed by atoms with Crippen LogP contribution in [0.2, 0.25) is 0 Å². The van der Waals surface area contributed by atoms with E-state index < -0.39 is 0 Å². The molecule has 0 bridgehead atoms. The molecule has 2 unspecified atom stereocenters. The molecule has 0 aliphatic carbocycles. The lowest BCUT2D eigenvalue weighted by Gasteiger charge is -2.30. The molecule has 1 aromatic heterocycles. The standard InChI is InChI=1S/C13H22N4O3/c1-2-17-4-6-19-11(9-17)13-15-12(20-16-13)7-10-8-14-3-5-18-10/h10-11,14H,2-9H2,1H3. The second-order valence-electron chi connectivity index (χ2n) is 5.20. The minimum Gasteiger partial charge on any atom is -0.375 e. The smallest absolute Gasteiger partial charge is 0.229 e. The monoisotopic (exact) mass is 282 g/mol. The lowest BCUT2D eigenvalue weighted by Crippen LogP contribution is -2.39.